The topological polar surface area (TPSA) is 88.7 Å². The van der Waals surface area contributed by atoms with Crippen molar-refractivity contribution in [3.8, 4) is 11.1 Å². The van der Waals surface area contributed by atoms with E-state index in [1.165, 1.54) is 15.3 Å². The smallest absolute Gasteiger partial charge is 0.251 e. The molecule has 1 saturated heterocycles. The van der Waals surface area contributed by atoms with Crippen LogP contribution in [0.15, 0.2) is 65.8 Å². The predicted molar refractivity (Wildman–Crippen MR) is 122 cm³/mol. The van der Waals surface area contributed by atoms with Gasteiger partial charge in [0.2, 0.25) is 10.0 Å². The zero-order valence-corrected chi connectivity index (χ0v) is 19.1. The lowest BCUT2D eigenvalue weighted by atomic mass is 10.0. The molecule has 1 fully saturated rings. The number of nitrogens with zero attached hydrogens (tertiary/aromatic N) is 3. The number of hydrogen-bond donors (Lipinski definition) is 2. The summed E-state index contributed by atoms with van der Waals surface area (Å²) < 4.78 is 30.0. The van der Waals surface area contributed by atoms with Crippen LogP contribution in [0.2, 0.25) is 0 Å². The van der Waals surface area contributed by atoms with Crippen LogP contribution in [0.25, 0.3) is 11.1 Å². The van der Waals surface area contributed by atoms with Gasteiger partial charge < -0.3 is 10.2 Å². The van der Waals surface area contributed by atoms with Crippen LogP contribution >= 0.6 is 0 Å². The summed E-state index contributed by atoms with van der Waals surface area (Å²) in [5, 5.41) is 6.97. The molecule has 32 heavy (non-hydrogen) atoms. The van der Waals surface area contributed by atoms with E-state index in [4.69, 9.17) is 0 Å². The van der Waals surface area contributed by atoms with E-state index in [0.717, 1.165) is 24.2 Å². The predicted octanol–water partition coefficient (Wildman–Crippen LogP) is 0.536. The van der Waals surface area contributed by atoms with Crippen LogP contribution < -0.4 is 10.2 Å². The summed E-state index contributed by atoms with van der Waals surface area (Å²) in [5.74, 6) is -0.328. The molecule has 1 aliphatic rings. The molecule has 1 aromatic heterocycles. The van der Waals surface area contributed by atoms with Crippen LogP contribution in [-0.4, -0.2) is 61.6 Å². The molecule has 0 radical (unpaired) electrons. The molecule has 1 aliphatic heterocycles. The molecule has 0 atom stereocenters. The maximum Gasteiger partial charge on any atom is 0.251 e. The molecular weight excluding hydrogens is 426 g/mol. The van der Waals surface area contributed by atoms with Gasteiger partial charge in [-0.1, -0.05) is 30.3 Å². The van der Waals surface area contributed by atoms with Crippen molar-refractivity contribution in [3.63, 3.8) is 0 Å². The number of carbonyl (C=O) groups is 1. The van der Waals surface area contributed by atoms with Gasteiger partial charge in [-0.15, -0.1) is 0 Å². The number of aromatic nitrogens is 2. The molecule has 168 valence electrons. The largest absolute Gasteiger partial charge is 0.348 e. The molecule has 0 bridgehead atoms. The van der Waals surface area contributed by atoms with Gasteiger partial charge in [-0.2, -0.15) is 9.40 Å². The Morgan fingerprint density at radius 3 is 2.47 bits per heavy atom. The van der Waals surface area contributed by atoms with Crippen LogP contribution in [0.3, 0.4) is 0 Å². The number of nitrogens with one attached hydrogen (secondary N) is 2. The first kappa shape index (κ1) is 22.2. The lowest BCUT2D eigenvalue weighted by Gasteiger charge is -2.29. The van der Waals surface area contributed by atoms with E-state index in [2.05, 4.69) is 17.5 Å². The lowest BCUT2D eigenvalue weighted by molar-refractivity contribution is -0.883. The van der Waals surface area contributed by atoms with Gasteiger partial charge in [0.1, 0.15) is 0 Å². The molecular formula is C23H28N5O3S+. The van der Waals surface area contributed by atoms with E-state index < -0.39 is 10.0 Å². The van der Waals surface area contributed by atoms with Crippen LogP contribution in [0.5, 0.6) is 0 Å². The van der Waals surface area contributed by atoms with Crippen molar-refractivity contribution < 1.29 is 18.1 Å². The second-order valence-corrected chi connectivity index (χ2v) is 10.1. The van der Waals surface area contributed by atoms with Crippen molar-refractivity contribution in [2.24, 2.45) is 7.05 Å². The Hall–Kier alpha value is -3.01. The first-order chi connectivity index (χ1) is 15.3. The average molecular weight is 455 g/mol. The van der Waals surface area contributed by atoms with Crippen LogP contribution in [0.1, 0.15) is 15.9 Å². The summed E-state index contributed by atoms with van der Waals surface area (Å²) in [5.41, 5.74) is 2.73. The number of amides is 1. The van der Waals surface area contributed by atoms with E-state index in [0.29, 0.717) is 30.8 Å². The minimum Gasteiger partial charge on any atom is -0.348 e. The van der Waals surface area contributed by atoms with E-state index in [1.54, 1.807) is 23.0 Å². The average Bonchev–Trinajstić information content (AvgIpc) is 3.23. The Morgan fingerprint density at radius 2 is 1.81 bits per heavy atom. The monoisotopic (exact) mass is 454 g/mol. The van der Waals surface area contributed by atoms with E-state index in [-0.39, 0.29) is 10.8 Å². The summed E-state index contributed by atoms with van der Waals surface area (Å²) in [6.45, 7) is 2.76. The quantitative estimate of drug-likeness (QED) is 0.569. The number of piperazine rings is 1. The van der Waals surface area contributed by atoms with Gasteiger partial charge in [0.05, 0.1) is 44.3 Å². The van der Waals surface area contributed by atoms with Gasteiger partial charge >= 0.3 is 0 Å². The minimum absolute atomic E-state index is 0.143. The fourth-order valence-corrected chi connectivity index (χ4v) is 5.29. The second-order valence-electron chi connectivity index (χ2n) is 8.18. The Kier molecular flexibility index (Phi) is 6.40. The molecule has 2 heterocycles. The van der Waals surface area contributed by atoms with Gasteiger partial charge in [-0.05, 0) is 29.3 Å². The number of sulfonamides is 1. The summed E-state index contributed by atoms with van der Waals surface area (Å²) in [4.78, 5) is 14.4. The van der Waals surface area contributed by atoms with Crippen molar-refractivity contribution in [3.05, 3.63) is 72.1 Å². The highest BCUT2D eigenvalue weighted by atomic mass is 32.2. The molecule has 8 nitrogen and oxygen atoms in total. The van der Waals surface area contributed by atoms with Crippen molar-refractivity contribution in [2.45, 2.75) is 11.4 Å². The highest BCUT2D eigenvalue weighted by Gasteiger charge is 2.30. The van der Waals surface area contributed by atoms with Crippen molar-refractivity contribution in [1.29, 1.82) is 0 Å². The Bertz CT molecular complexity index is 1200. The van der Waals surface area contributed by atoms with Crippen molar-refractivity contribution >= 4 is 15.9 Å². The third kappa shape index (κ3) is 4.90. The van der Waals surface area contributed by atoms with Gasteiger partial charge in [0.15, 0.2) is 0 Å². The maximum absolute atomic E-state index is 13.4. The van der Waals surface area contributed by atoms with Crippen molar-refractivity contribution in [2.75, 3.05) is 33.2 Å². The highest BCUT2D eigenvalue weighted by molar-refractivity contribution is 7.89. The lowest BCUT2D eigenvalue weighted by Crippen LogP contribution is -3.12. The third-order valence-electron chi connectivity index (χ3n) is 5.70. The Labute approximate surface area is 188 Å². The first-order valence-corrected chi connectivity index (χ1v) is 12.0. The standard InChI is InChI=1S/C23H27N5O3S/c1-26-8-10-28(11-9-26)32(30,31)22-13-20(19-6-4-3-5-7-19)12-21(14-22)23(29)24-15-18-16-25-27(2)17-18/h3-7,12-14,16-17H,8-11,15H2,1-2H3,(H,24,29)/p+1. The summed E-state index contributed by atoms with van der Waals surface area (Å²) in [7, 11) is 0.162. The van der Waals surface area contributed by atoms with Crippen LogP contribution in [-0.2, 0) is 23.6 Å². The van der Waals surface area contributed by atoms with Crippen LogP contribution in [0.4, 0.5) is 0 Å². The van der Waals surface area contributed by atoms with Gasteiger partial charge in [0, 0.05) is 30.9 Å². The number of carbonyl (C=O) groups excluding carboxylic acids is 1. The highest BCUT2D eigenvalue weighted by Crippen LogP contribution is 2.26. The van der Waals surface area contributed by atoms with Gasteiger partial charge in [0.25, 0.3) is 5.91 Å². The molecule has 0 spiro atoms. The summed E-state index contributed by atoms with van der Waals surface area (Å²) in [6, 6.07) is 14.4. The SMILES string of the molecule is Cn1cc(CNC(=O)c2cc(-c3ccccc3)cc(S(=O)(=O)N3CC[NH+](C)CC3)c2)cn1. The summed E-state index contributed by atoms with van der Waals surface area (Å²) >= 11 is 0. The molecule has 4 rings (SSSR count). The zero-order valence-electron chi connectivity index (χ0n) is 18.3. The molecule has 2 N–H and O–H groups in total. The number of quaternary nitrogens is 1. The fraction of sp³-hybridized carbons (Fsp3) is 0.304. The molecule has 0 unspecified atom stereocenters. The number of benzene rings is 2. The number of aryl methyl sites for hydroxylation is 1. The minimum atomic E-state index is -3.71. The number of hydrogen-bond acceptors (Lipinski definition) is 4. The zero-order chi connectivity index (χ0) is 22.7. The third-order valence-corrected chi connectivity index (χ3v) is 7.58. The molecule has 9 heteroatoms. The normalized spacial score (nSPS) is 15.6. The molecule has 3 aromatic rings. The van der Waals surface area contributed by atoms with Crippen LogP contribution in [0, 0.1) is 0 Å². The van der Waals surface area contributed by atoms with E-state index in [9.17, 15) is 13.2 Å². The maximum atomic E-state index is 13.4. The van der Waals surface area contributed by atoms with E-state index >= 15 is 0 Å². The second kappa shape index (κ2) is 9.23. The molecule has 0 aliphatic carbocycles. The molecule has 0 saturated carbocycles. The summed E-state index contributed by atoms with van der Waals surface area (Å²) in [6.07, 6.45) is 3.51. The fourth-order valence-electron chi connectivity index (χ4n) is 3.78. The number of likely N-dealkylation sites (N-methyl/N-ethyl adjacent to an activating group) is 1. The van der Waals surface area contributed by atoms with Crippen molar-refractivity contribution in [1.82, 2.24) is 19.4 Å². The van der Waals surface area contributed by atoms with E-state index in [1.807, 2.05) is 43.6 Å². The Morgan fingerprint density at radius 1 is 1.09 bits per heavy atom. The molecule has 1 amide bonds. The first-order valence-electron chi connectivity index (χ1n) is 10.6. The Balaban J connectivity index is 1.67. The van der Waals surface area contributed by atoms with Gasteiger partial charge in [-0.25, -0.2) is 8.42 Å². The molecule has 2 aromatic carbocycles. The van der Waals surface area contributed by atoms with Gasteiger partial charge in [-0.3, -0.25) is 9.48 Å². The number of rotatable bonds is 6.